The van der Waals surface area contributed by atoms with E-state index >= 15 is 0 Å². The maximum atomic E-state index is 13.4. The maximum absolute atomic E-state index is 13.4. The molecule has 0 aromatic heterocycles. The van der Waals surface area contributed by atoms with Crippen LogP contribution >= 0.6 is 0 Å². The Bertz CT molecular complexity index is 1090. The Hall–Kier alpha value is -3.06. The van der Waals surface area contributed by atoms with Gasteiger partial charge < -0.3 is 15.5 Å². The molecule has 3 rings (SSSR count). The molecule has 3 N–H and O–H groups in total. The Morgan fingerprint density at radius 1 is 1.11 bits per heavy atom. The van der Waals surface area contributed by atoms with Crippen LogP contribution in [0.1, 0.15) is 37.7 Å². The Kier molecular flexibility index (Phi) is 9.15. The van der Waals surface area contributed by atoms with Crippen LogP contribution in [0.25, 0.3) is 0 Å². The Labute approximate surface area is 203 Å². The number of rotatable bonds is 11. The Morgan fingerprint density at radius 3 is 2.31 bits per heavy atom. The van der Waals surface area contributed by atoms with Gasteiger partial charge in [0.05, 0.1) is 34.6 Å². The summed E-state index contributed by atoms with van der Waals surface area (Å²) >= 11 is 0. The molecular weight excluding hydrogens is 478 g/mol. The van der Waals surface area contributed by atoms with Crippen molar-refractivity contribution in [3.63, 3.8) is 0 Å². The number of non-ortho nitro benzene ring substituents is 1. The van der Waals surface area contributed by atoms with Crippen LogP contribution in [0.5, 0.6) is 0 Å². The molecule has 0 saturated heterocycles. The summed E-state index contributed by atoms with van der Waals surface area (Å²) < 4.78 is 27.5. The second kappa shape index (κ2) is 12.1. The van der Waals surface area contributed by atoms with E-state index in [1.807, 2.05) is 0 Å². The lowest BCUT2D eigenvalue weighted by Crippen LogP contribution is -2.50. The first-order valence-electron chi connectivity index (χ1n) is 11.3. The topological polar surface area (TPSA) is 159 Å². The van der Waals surface area contributed by atoms with Crippen LogP contribution in [0.2, 0.25) is 0 Å². The number of aliphatic hydroxyl groups is 1. The fourth-order valence-corrected chi connectivity index (χ4v) is 5.28. The van der Waals surface area contributed by atoms with Crippen molar-refractivity contribution in [2.24, 2.45) is 0 Å². The number of hydrogen-bond donors (Lipinski definition) is 3. The fourth-order valence-electron chi connectivity index (χ4n) is 3.98. The number of nitrogens with zero attached hydrogens (tertiary/aromatic N) is 2. The van der Waals surface area contributed by atoms with Crippen molar-refractivity contribution in [1.82, 2.24) is 9.79 Å². The predicted octanol–water partition coefficient (Wildman–Crippen LogP) is 3.09. The third-order valence-corrected chi connectivity index (χ3v) is 7.48. The summed E-state index contributed by atoms with van der Waals surface area (Å²) in [4.78, 5) is 27.3. The van der Waals surface area contributed by atoms with Crippen molar-refractivity contribution in [3.05, 3.63) is 70.3 Å². The first-order chi connectivity index (χ1) is 16.7. The lowest BCUT2D eigenvalue weighted by Gasteiger charge is -2.32. The Balaban J connectivity index is 1.86. The molecule has 0 radical (unpaired) electrons. The van der Waals surface area contributed by atoms with E-state index in [0.29, 0.717) is 17.3 Å². The third-order valence-electron chi connectivity index (χ3n) is 5.84. The highest BCUT2D eigenvalue weighted by atomic mass is 32.2. The van der Waals surface area contributed by atoms with E-state index in [1.165, 1.54) is 0 Å². The number of nitro groups is 1. The van der Waals surface area contributed by atoms with Gasteiger partial charge >= 0.3 is 6.09 Å². The number of aliphatic hydroxyl groups excluding tert-OH is 1. The number of amides is 1. The quantitative estimate of drug-likeness (QED) is 0.309. The number of carbonyl (C=O) groups is 1. The van der Waals surface area contributed by atoms with Crippen LogP contribution in [-0.2, 0) is 21.3 Å². The van der Waals surface area contributed by atoms with Gasteiger partial charge in [0.1, 0.15) is 0 Å². The van der Waals surface area contributed by atoms with Crippen LogP contribution in [0.3, 0.4) is 0 Å². The molecule has 1 amide bonds. The summed E-state index contributed by atoms with van der Waals surface area (Å²) in [5, 5.41) is 33.4. The molecule has 0 aliphatic heterocycles. The average Bonchev–Trinajstić information content (AvgIpc) is 2.84. The third kappa shape index (κ3) is 7.46. The van der Waals surface area contributed by atoms with Crippen molar-refractivity contribution in [2.45, 2.75) is 61.7 Å². The van der Waals surface area contributed by atoms with Crippen LogP contribution in [0.4, 0.5) is 10.5 Å². The summed E-state index contributed by atoms with van der Waals surface area (Å²) in [6.07, 6.45) is 0.981. The largest absolute Gasteiger partial charge is 0.465 e. The molecule has 1 aliphatic carbocycles. The van der Waals surface area contributed by atoms with Gasteiger partial charge in [-0.15, -0.1) is 0 Å². The zero-order valence-corrected chi connectivity index (χ0v) is 19.8. The van der Waals surface area contributed by atoms with Gasteiger partial charge in [-0.1, -0.05) is 54.1 Å². The maximum Gasteiger partial charge on any atom is 0.404 e. The van der Waals surface area contributed by atoms with Crippen molar-refractivity contribution in [1.29, 1.82) is 0 Å². The Morgan fingerprint density at radius 2 is 1.74 bits per heavy atom. The minimum absolute atomic E-state index is 0.128. The van der Waals surface area contributed by atoms with E-state index in [9.17, 15) is 33.5 Å². The number of nitro benzene ring substituents is 1. The smallest absolute Gasteiger partial charge is 0.404 e. The van der Waals surface area contributed by atoms with E-state index in [4.69, 9.17) is 4.84 Å². The highest BCUT2D eigenvalue weighted by Crippen LogP contribution is 2.26. The molecular formula is C23H29N3O8S. The zero-order chi connectivity index (χ0) is 25.4. The van der Waals surface area contributed by atoms with Gasteiger partial charge in [0, 0.05) is 12.1 Å². The number of hydroxylamine groups is 1. The normalized spacial score (nSPS) is 16.5. The van der Waals surface area contributed by atoms with Crippen molar-refractivity contribution in [2.75, 3.05) is 6.54 Å². The molecule has 0 bridgehead atoms. The molecule has 190 valence electrons. The van der Waals surface area contributed by atoms with Crippen LogP contribution in [0.15, 0.2) is 59.5 Å². The predicted molar refractivity (Wildman–Crippen MR) is 126 cm³/mol. The van der Waals surface area contributed by atoms with Crippen LogP contribution < -0.4 is 5.32 Å². The van der Waals surface area contributed by atoms with Crippen LogP contribution in [0, 0.1) is 10.1 Å². The molecule has 1 saturated carbocycles. The second-order valence-corrected chi connectivity index (χ2v) is 10.2. The molecule has 35 heavy (non-hydrogen) atoms. The standard InChI is InChI=1S/C23H29N3O8S/c27-22(21(24-23(28)29)15-17-7-3-1-4-8-17)16-25(34-19-9-5-2-6-10-19)35(32,33)20-13-11-18(12-14-20)26(30)31/h1,3-4,7-8,11-14,19,21-22,24,27H,2,5-6,9-10,15-16H2,(H,28,29)/t21-,22-/m0/s1. The highest BCUT2D eigenvalue weighted by Gasteiger charge is 2.34. The first kappa shape index (κ1) is 26.5. The number of nitrogens with one attached hydrogen (secondary N) is 1. The van der Waals surface area contributed by atoms with E-state index in [2.05, 4.69) is 5.32 Å². The molecule has 0 heterocycles. The van der Waals surface area contributed by atoms with Gasteiger partial charge in [-0.3, -0.25) is 15.0 Å². The van der Waals surface area contributed by atoms with Gasteiger partial charge in [0.15, 0.2) is 0 Å². The van der Waals surface area contributed by atoms with Crippen molar-refractivity contribution >= 4 is 21.8 Å². The van der Waals surface area contributed by atoms with Gasteiger partial charge in [-0.2, -0.15) is 0 Å². The van der Waals surface area contributed by atoms with E-state index in [1.54, 1.807) is 30.3 Å². The first-order valence-corrected chi connectivity index (χ1v) is 12.8. The second-order valence-electron chi connectivity index (χ2n) is 8.42. The van der Waals surface area contributed by atoms with Gasteiger partial charge in [-0.25, -0.2) is 13.2 Å². The average molecular weight is 508 g/mol. The van der Waals surface area contributed by atoms with Gasteiger partial charge in [-0.05, 0) is 37.0 Å². The van der Waals surface area contributed by atoms with Crippen molar-refractivity contribution < 1.29 is 33.2 Å². The minimum Gasteiger partial charge on any atom is -0.465 e. The minimum atomic E-state index is -4.32. The summed E-state index contributed by atoms with van der Waals surface area (Å²) in [6.45, 7) is -0.534. The zero-order valence-electron chi connectivity index (χ0n) is 19.0. The SMILES string of the molecule is O=C(O)N[C@@H](Cc1ccccc1)[C@@H](O)CN(OC1CCCCC1)S(=O)(=O)c1ccc([N+](=O)[O-])cc1. The molecule has 2 aromatic rings. The summed E-state index contributed by atoms with van der Waals surface area (Å²) in [7, 11) is -4.32. The van der Waals surface area contributed by atoms with E-state index in [0.717, 1.165) is 49.1 Å². The molecule has 0 spiro atoms. The van der Waals surface area contributed by atoms with E-state index < -0.39 is 39.7 Å². The monoisotopic (exact) mass is 507 g/mol. The summed E-state index contributed by atoms with van der Waals surface area (Å²) in [5.74, 6) is 0. The molecule has 12 heteroatoms. The molecule has 1 aliphatic rings. The lowest BCUT2D eigenvalue weighted by molar-refractivity contribution is -0.384. The highest BCUT2D eigenvalue weighted by molar-refractivity contribution is 7.89. The molecule has 0 unspecified atom stereocenters. The van der Waals surface area contributed by atoms with E-state index in [-0.39, 0.29) is 23.1 Å². The number of benzene rings is 2. The number of sulfonamides is 1. The number of hydrogen-bond acceptors (Lipinski definition) is 7. The number of carboxylic acid groups (broad SMARTS) is 1. The van der Waals surface area contributed by atoms with Crippen LogP contribution in [-0.4, -0.2) is 58.9 Å². The summed E-state index contributed by atoms with van der Waals surface area (Å²) in [5.41, 5.74) is 0.487. The molecule has 11 nitrogen and oxygen atoms in total. The molecule has 1 fully saturated rings. The fraction of sp³-hybridized carbons (Fsp3) is 0.435. The molecule has 2 atom stereocenters. The summed E-state index contributed by atoms with van der Waals surface area (Å²) in [6, 6.07) is 12.2. The van der Waals surface area contributed by atoms with Gasteiger partial charge in [0.2, 0.25) is 0 Å². The van der Waals surface area contributed by atoms with Gasteiger partial charge in [0.25, 0.3) is 15.7 Å². The lowest BCUT2D eigenvalue weighted by atomic mass is 9.98. The molecule has 2 aromatic carbocycles. The van der Waals surface area contributed by atoms with Crippen molar-refractivity contribution in [3.8, 4) is 0 Å².